The fourth-order valence-corrected chi connectivity index (χ4v) is 1.87. The SMILES string of the molecule is COC(=O)Cc1cc(CBr)cc([N+](=O)[O-])c1Cl. The van der Waals surface area contributed by atoms with Crippen molar-refractivity contribution in [3.63, 3.8) is 0 Å². The van der Waals surface area contributed by atoms with Crippen LogP contribution in [0.1, 0.15) is 11.1 Å². The third-order valence-corrected chi connectivity index (χ3v) is 3.19. The smallest absolute Gasteiger partial charge is 0.310 e. The molecule has 0 spiro atoms. The molecular formula is C10H9BrClNO4. The van der Waals surface area contributed by atoms with Gasteiger partial charge in [-0.15, -0.1) is 0 Å². The average molecular weight is 323 g/mol. The van der Waals surface area contributed by atoms with E-state index in [4.69, 9.17) is 11.6 Å². The summed E-state index contributed by atoms with van der Waals surface area (Å²) < 4.78 is 4.50. The van der Waals surface area contributed by atoms with Gasteiger partial charge in [-0.2, -0.15) is 0 Å². The lowest BCUT2D eigenvalue weighted by Gasteiger charge is -2.06. The van der Waals surface area contributed by atoms with Crippen LogP contribution in [0.5, 0.6) is 0 Å². The predicted molar refractivity (Wildman–Crippen MR) is 66.5 cm³/mol. The molecule has 0 amide bonds. The fraction of sp³-hybridized carbons (Fsp3) is 0.300. The Bertz CT molecular complexity index is 464. The molecule has 0 bridgehead atoms. The molecule has 1 aromatic rings. The van der Waals surface area contributed by atoms with Crippen molar-refractivity contribution in [2.45, 2.75) is 11.8 Å². The van der Waals surface area contributed by atoms with E-state index >= 15 is 0 Å². The molecule has 0 fully saturated rings. The van der Waals surface area contributed by atoms with Gasteiger partial charge in [-0.1, -0.05) is 33.6 Å². The second-order valence-corrected chi connectivity index (χ2v) is 4.17. The van der Waals surface area contributed by atoms with E-state index < -0.39 is 10.9 Å². The number of hydrogen-bond acceptors (Lipinski definition) is 4. The molecule has 17 heavy (non-hydrogen) atoms. The molecule has 0 aliphatic rings. The van der Waals surface area contributed by atoms with Crippen molar-refractivity contribution >= 4 is 39.2 Å². The van der Waals surface area contributed by atoms with Crippen molar-refractivity contribution in [1.29, 1.82) is 0 Å². The van der Waals surface area contributed by atoms with E-state index in [-0.39, 0.29) is 17.1 Å². The number of hydrogen-bond donors (Lipinski definition) is 0. The van der Waals surface area contributed by atoms with E-state index in [0.29, 0.717) is 16.5 Å². The lowest BCUT2D eigenvalue weighted by Crippen LogP contribution is -2.06. The minimum Gasteiger partial charge on any atom is -0.469 e. The summed E-state index contributed by atoms with van der Waals surface area (Å²) in [5.74, 6) is -0.493. The Morgan fingerprint density at radius 3 is 2.71 bits per heavy atom. The molecule has 1 aromatic carbocycles. The maximum atomic E-state index is 11.2. The van der Waals surface area contributed by atoms with Crippen LogP contribution in [-0.4, -0.2) is 18.0 Å². The zero-order chi connectivity index (χ0) is 13.0. The lowest BCUT2D eigenvalue weighted by atomic mass is 10.1. The van der Waals surface area contributed by atoms with Crippen LogP contribution in [0.25, 0.3) is 0 Å². The van der Waals surface area contributed by atoms with E-state index in [2.05, 4.69) is 20.7 Å². The van der Waals surface area contributed by atoms with Gasteiger partial charge < -0.3 is 4.74 Å². The second-order valence-electron chi connectivity index (χ2n) is 3.23. The molecule has 0 radical (unpaired) electrons. The first kappa shape index (κ1) is 13.9. The number of carbonyl (C=O) groups is 1. The maximum absolute atomic E-state index is 11.2. The normalized spacial score (nSPS) is 10.1. The molecule has 7 heteroatoms. The van der Waals surface area contributed by atoms with Gasteiger partial charge >= 0.3 is 5.97 Å². The topological polar surface area (TPSA) is 69.4 Å². The molecule has 0 aromatic heterocycles. The number of nitro groups is 1. The van der Waals surface area contributed by atoms with Gasteiger partial charge in [-0.3, -0.25) is 14.9 Å². The molecule has 0 aliphatic heterocycles. The van der Waals surface area contributed by atoms with Gasteiger partial charge in [0.15, 0.2) is 0 Å². The van der Waals surface area contributed by atoms with E-state index in [1.54, 1.807) is 6.07 Å². The van der Waals surface area contributed by atoms with E-state index in [1.807, 2.05) is 0 Å². The van der Waals surface area contributed by atoms with Gasteiger partial charge in [-0.25, -0.2) is 0 Å². The Morgan fingerprint density at radius 2 is 2.24 bits per heavy atom. The molecule has 1 rings (SSSR count). The number of halogens is 2. The van der Waals surface area contributed by atoms with Crippen molar-refractivity contribution in [2.24, 2.45) is 0 Å². The lowest BCUT2D eigenvalue weighted by molar-refractivity contribution is -0.384. The van der Waals surface area contributed by atoms with Crippen molar-refractivity contribution in [1.82, 2.24) is 0 Å². The van der Waals surface area contributed by atoms with Crippen molar-refractivity contribution in [3.05, 3.63) is 38.4 Å². The number of alkyl halides is 1. The molecule has 0 saturated heterocycles. The van der Waals surface area contributed by atoms with E-state index in [1.165, 1.54) is 13.2 Å². The Morgan fingerprint density at radius 1 is 1.59 bits per heavy atom. The van der Waals surface area contributed by atoms with Crippen LogP contribution >= 0.6 is 27.5 Å². The number of ether oxygens (including phenoxy) is 1. The third kappa shape index (κ3) is 3.41. The zero-order valence-corrected chi connectivity index (χ0v) is 11.2. The summed E-state index contributed by atoms with van der Waals surface area (Å²) in [7, 11) is 1.25. The van der Waals surface area contributed by atoms with E-state index in [0.717, 1.165) is 0 Å². The summed E-state index contributed by atoms with van der Waals surface area (Å²) in [6, 6.07) is 3.01. The van der Waals surface area contributed by atoms with Gasteiger partial charge in [0.25, 0.3) is 5.69 Å². The number of esters is 1. The van der Waals surface area contributed by atoms with Gasteiger partial charge in [0, 0.05) is 11.4 Å². The first-order chi connectivity index (χ1) is 7.99. The minimum absolute atomic E-state index is 0.0231. The molecule has 0 N–H and O–H groups in total. The highest BCUT2D eigenvalue weighted by molar-refractivity contribution is 9.08. The molecule has 0 unspecified atom stereocenters. The van der Waals surface area contributed by atoms with Crippen LogP contribution < -0.4 is 0 Å². The number of nitrogens with zero attached hydrogens (tertiary/aromatic N) is 1. The van der Waals surface area contributed by atoms with Crippen LogP contribution in [0.2, 0.25) is 5.02 Å². The summed E-state index contributed by atoms with van der Waals surface area (Å²) in [4.78, 5) is 21.4. The molecule has 0 saturated carbocycles. The molecule has 0 heterocycles. The number of carbonyl (C=O) groups excluding carboxylic acids is 1. The Hall–Kier alpha value is -1.14. The highest BCUT2D eigenvalue weighted by Gasteiger charge is 2.19. The first-order valence-electron chi connectivity index (χ1n) is 4.58. The highest BCUT2D eigenvalue weighted by atomic mass is 79.9. The molecule has 5 nitrogen and oxygen atoms in total. The molecule has 92 valence electrons. The Kier molecular flexibility index (Phi) is 4.89. The summed E-state index contributed by atoms with van der Waals surface area (Å²) in [6.45, 7) is 0. The van der Waals surface area contributed by atoms with Crippen molar-refractivity contribution < 1.29 is 14.5 Å². The first-order valence-corrected chi connectivity index (χ1v) is 6.08. The summed E-state index contributed by atoms with van der Waals surface area (Å²) in [5, 5.41) is 11.2. The highest BCUT2D eigenvalue weighted by Crippen LogP contribution is 2.31. The van der Waals surface area contributed by atoms with Crippen molar-refractivity contribution in [3.8, 4) is 0 Å². The number of nitro benzene ring substituents is 1. The number of rotatable bonds is 4. The Labute approximate surface area is 111 Å². The number of methoxy groups -OCH3 is 1. The van der Waals surface area contributed by atoms with Gasteiger partial charge in [0.1, 0.15) is 5.02 Å². The fourth-order valence-electron chi connectivity index (χ4n) is 1.30. The Balaban J connectivity index is 3.23. The predicted octanol–water partition coefficient (Wildman–Crippen LogP) is 2.86. The summed E-state index contributed by atoms with van der Waals surface area (Å²) in [6.07, 6.45) is -0.0863. The molecule has 0 atom stereocenters. The van der Waals surface area contributed by atoms with Gasteiger partial charge in [0.2, 0.25) is 0 Å². The maximum Gasteiger partial charge on any atom is 0.310 e. The molecule has 0 aliphatic carbocycles. The largest absolute Gasteiger partial charge is 0.469 e. The van der Waals surface area contributed by atoms with Crippen LogP contribution in [0.15, 0.2) is 12.1 Å². The zero-order valence-electron chi connectivity index (χ0n) is 8.91. The monoisotopic (exact) mass is 321 g/mol. The van der Waals surface area contributed by atoms with Crippen molar-refractivity contribution in [2.75, 3.05) is 7.11 Å². The average Bonchev–Trinajstić information content (AvgIpc) is 2.31. The summed E-state index contributed by atoms with van der Waals surface area (Å²) >= 11 is 9.07. The quantitative estimate of drug-likeness (QED) is 0.370. The van der Waals surface area contributed by atoms with Gasteiger partial charge in [-0.05, 0) is 11.1 Å². The van der Waals surface area contributed by atoms with Crippen LogP contribution in [0.4, 0.5) is 5.69 Å². The minimum atomic E-state index is -0.574. The van der Waals surface area contributed by atoms with Crippen LogP contribution in [-0.2, 0) is 21.3 Å². The second kappa shape index (κ2) is 5.97. The standard InChI is InChI=1S/C10H9BrClNO4/c1-17-9(14)4-7-2-6(5-11)3-8(10(7)12)13(15)16/h2-3H,4-5H2,1H3. The molecular weight excluding hydrogens is 313 g/mol. The summed E-state index contributed by atoms with van der Waals surface area (Å²) in [5.41, 5.74) is 0.865. The van der Waals surface area contributed by atoms with Gasteiger partial charge in [0.05, 0.1) is 18.5 Å². The van der Waals surface area contributed by atoms with Crippen LogP contribution in [0.3, 0.4) is 0 Å². The third-order valence-electron chi connectivity index (χ3n) is 2.10. The van der Waals surface area contributed by atoms with E-state index in [9.17, 15) is 14.9 Å². The number of benzene rings is 1. The van der Waals surface area contributed by atoms with Crippen LogP contribution in [0, 0.1) is 10.1 Å².